The van der Waals surface area contributed by atoms with Crippen molar-refractivity contribution in [2.75, 3.05) is 5.73 Å². The topological polar surface area (TPSA) is 63.4 Å². The Morgan fingerprint density at radius 3 is 2.00 bits per heavy atom. The second-order valence-electron chi connectivity index (χ2n) is 5.95. The molecule has 1 saturated heterocycles. The van der Waals surface area contributed by atoms with E-state index in [-0.39, 0.29) is 12.1 Å². The largest absolute Gasteiger partial charge is 0.399 e. The van der Waals surface area contributed by atoms with Gasteiger partial charge in [-0.3, -0.25) is 0 Å². The highest BCUT2D eigenvalue weighted by Crippen LogP contribution is 2.33. The minimum absolute atomic E-state index is 0.0557. The van der Waals surface area contributed by atoms with Crippen molar-refractivity contribution < 1.29 is 8.42 Å². The van der Waals surface area contributed by atoms with Crippen LogP contribution in [0.1, 0.15) is 44.2 Å². The molecule has 0 aliphatic carbocycles. The lowest BCUT2D eigenvalue weighted by Gasteiger charge is -2.38. The molecule has 1 aromatic carbocycles. The normalized spacial score (nSPS) is 24.8. The molecule has 1 aliphatic rings. The van der Waals surface area contributed by atoms with Gasteiger partial charge in [0, 0.05) is 17.8 Å². The van der Waals surface area contributed by atoms with Crippen molar-refractivity contribution in [1.29, 1.82) is 0 Å². The molecule has 20 heavy (non-hydrogen) atoms. The molecule has 1 fully saturated rings. The fourth-order valence-corrected chi connectivity index (χ4v) is 5.67. The van der Waals surface area contributed by atoms with E-state index in [2.05, 4.69) is 0 Å². The number of hydrogen-bond donors (Lipinski definition) is 1. The van der Waals surface area contributed by atoms with Gasteiger partial charge in [0.15, 0.2) is 0 Å². The van der Waals surface area contributed by atoms with E-state index >= 15 is 0 Å². The Kier molecular flexibility index (Phi) is 4.12. The Hall–Kier alpha value is -1.07. The molecule has 4 nitrogen and oxygen atoms in total. The monoisotopic (exact) mass is 296 g/mol. The number of nitrogen functional groups attached to an aromatic ring is 1. The van der Waals surface area contributed by atoms with Crippen LogP contribution in [-0.4, -0.2) is 24.8 Å². The third kappa shape index (κ3) is 2.56. The Morgan fingerprint density at radius 2 is 1.55 bits per heavy atom. The van der Waals surface area contributed by atoms with Crippen molar-refractivity contribution in [2.24, 2.45) is 0 Å². The number of benzene rings is 1. The maximum absolute atomic E-state index is 13.0. The molecule has 0 spiro atoms. The molecule has 0 unspecified atom stereocenters. The molecule has 0 aromatic heterocycles. The van der Waals surface area contributed by atoms with E-state index < -0.39 is 10.0 Å². The van der Waals surface area contributed by atoms with Gasteiger partial charge >= 0.3 is 0 Å². The van der Waals surface area contributed by atoms with Crippen molar-refractivity contribution >= 4 is 15.7 Å². The highest BCUT2D eigenvalue weighted by molar-refractivity contribution is 7.89. The first-order valence-electron chi connectivity index (χ1n) is 7.15. The van der Waals surface area contributed by atoms with Gasteiger partial charge in [-0.25, -0.2) is 8.42 Å². The predicted molar refractivity (Wildman–Crippen MR) is 82.1 cm³/mol. The second-order valence-corrected chi connectivity index (χ2v) is 7.73. The maximum atomic E-state index is 13.0. The summed E-state index contributed by atoms with van der Waals surface area (Å²) < 4.78 is 27.8. The highest BCUT2D eigenvalue weighted by atomic mass is 32.2. The summed E-state index contributed by atoms with van der Waals surface area (Å²) in [5.41, 5.74) is 7.86. The minimum atomic E-state index is -3.46. The van der Waals surface area contributed by atoms with Gasteiger partial charge in [0.25, 0.3) is 0 Å². The van der Waals surface area contributed by atoms with Gasteiger partial charge in [-0.1, -0.05) is 6.42 Å². The number of nitrogens with zero attached hydrogens (tertiary/aromatic N) is 1. The molecule has 1 aromatic rings. The van der Waals surface area contributed by atoms with E-state index in [0.29, 0.717) is 10.6 Å². The van der Waals surface area contributed by atoms with Crippen LogP contribution in [0.25, 0.3) is 0 Å². The third-order valence-electron chi connectivity index (χ3n) is 4.13. The van der Waals surface area contributed by atoms with Crippen molar-refractivity contribution in [1.82, 2.24) is 4.31 Å². The first kappa shape index (κ1) is 15.3. The minimum Gasteiger partial charge on any atom is -0.399 e. The van der Waals surface area contributed by atoms with Crippen molar-refractivity contribution in [3.63, 3.8) is 0 Å². The molecule has 112 valence electrons. The molecule has 1 aliphatic heterocycles. The van der Waals surface area contributed by atoms with E-state index in [1.807, 2.05) is 27.7 Å². The van der Waals surface area contributed by atoms with E-state index in [9.17, 15) is 8.42 Å². The molecule has 0 radical (unpaired) electrons. The second kappa shape index (κ2) is 5.37. The van der Waals surface area contributed by atoms with Gasteiger partial charge in [-0.15, -0.1) is 0 Å². The predicted octanol–water partition coefficient (Wildman–Crippen LogP) is 2.84. The van der Waals surface area contributed by atoms with Gasteiger partial charge in [0.1, 0.15) is 0 Å². The van der Waals surface area contributed by atoms with Crippen LogP contribution in [0, 0.1) is 13.8 Å². The summed E-state index contributed by atoms with van der Waals surface area (Å²) >= 11 is 0. The third-order valence-corrected chi connectivity index (χ3v) is 6.57. The lowest BCUT2D eigenvalue weighted by molar-refractivity contribution is 0.204. The average molecular weight is 296 g/mol. The molecule has 0 amide bonds. The number of hydrogen-bond acceptors (Lipinski definition) is 3. The lowest BCUT2D eigenvalue weighted by atomic mass is 10.0. The molecule has 0 bridgehead atoms. The van der Waals surface area contributed by atoms with E-state index in [1.54, 1.807) is 16.4 Å². The molecule has 2 atom stereocenters. The van der Waals surface area contributed by atoms with E-state index in [4.69, 9.17) is 5.73 Å². The summed E-state index contributed by atoms with van der Waals surface area (Å²) in [6.07, 6.45) is 2.95. The summed E-state index contributed by atoms with van der Waals surface area (Å²) in [7, 11) is -3.46. The van der Waals surface area contributed by atoms with Crippen LogP contribution in [0.3, 0.4) is 0 Å². The Balaban J connectivity index is 2.55. The summed E-state index contributed by atoms with van der Waals surface area (Å²) in [5.74, 6) is 0. The number of piperidine rings is 1. The van der Waals surface area contributed by atoms with Crippen molar-refractivity contribution in [3.05, 3.63) is 23.3 Å². The van der Waals surface area contributed by atoms with Crippen molar-refractivity contribution in [3.8, 4) is 0 Å². The van der Waals surface area contributed by atoms with Crippen LogP contribution >= 0.6 is 0 Å². The number of anilines is 1. The molecule has 0 saturated carbocycles. The standard InChI is InChI=1S/C15H24N2O2S/c1-10-8-14(16)9-11(2)15(10)20(18,19)17-12(3)6-5-7-13(17)4/h8-9,12-13H,5-7,16H2,1-4H3/t12-,13+. The molecule has 1 heterocycles. The molecule has 5 heteroatoms. The highest BCUT2D eigenvalue weighted by Gasteiger charge is 2.37. The zero-order valence-electron chi connectivity index (χ0n) is 12.7. The number of nitrogens with two attached hydrogens (primary N) is 1. The van der Waals surface area contributed by atoms with Gasteiger partial charge in [-0.2, -0.15) is 4.31 Å². The molecule has 2 rings (SSSR count). The SMILES string of the molecule is Cc1cc(N)cc(C)c1S(=O)(=O)N1[C@H](C)CCC[C@@H]1C. The number of rotatable bonds is 2. The van der Waals surface area contributed by atoms with Crippen LogP contribution < -0.4 is 5.73 Å². The zero-order valence-corrected chi connectivity index (χ0v) is 13.5. The van der Waals surface area contributed by atoms with Crippen LogP contribution in [0.5, 0.6) is 0 Å². The Bertz CT molecular complexity index is 577. The van der Waals surface area contributed by atoms with E-state index in [0.717, 1.165) is 30.4 Å². The fourth-order valence-electron chi connectivity index (χ4n) is 3.37. The van der Waals surface area contributed by atoms with Crippen molar-refractivity contribution in [2.45, 2.75) is 63.9 Å². The lowest BCUT2D eigenvalue weighted by Crippen LogP contribution is -2.47. The first-order valence-corrected chi connectivity index (χ1v) is 8.59. The summed E-state index contributed by atoms with van der Waals surface area (Å²) in [4.78, 5) is 0.423. The van der Waals surface area contributed by atoms with Crippen LogP contribution in [0.4, 0.5) is 5.69 Å². The zero-order chi connectivity index (χ0) is 15.1. The first-order chi connectivity index (χ1) is 9.25. The summed E-state index contributed by atoms with van der Waals surface area (Å²) in [6, 6.07) is 3.58. The molecular formula is C15H24N2O2S. The smallest absolute Gasteiger partial charge is 0.244 e. The quantitative estimate of drug-likeness (QED) is 0.854. The Morgan fingerprint density at radius 1 is 1.10 bits per heavy atom. The summed E-state index contributed by atoms with van der Waals surface area (Å²) in [6.45, 7) is 7.62. The van der Waals surface area contributed by atoms with Gasteiger partial charge < -0.3 is 5.73 Å². The maximum Gasteiger partial charge on any atom is 0.244 e. The van der Waals surface area contributed by atoms with Gasteiger partial charge in [0.05, 0.1) is 4.90 Å². The van der Waals surface area contributed by atoms with Gasteiger partial charge in [-0.05, 0) is 63.8 Å². The van der Waals surface area contributed by atoms with Gasteiger partial charge in [0.2, 0.25) is 10.0 Å². The fraction of sp³-hybridized carbons (Fsp3) is 0.600. The number of aryl methyl sites for hydroxylation is 2. The average Bonchev–Trinajstić information content (AvgIpc) is 2.25. The Labute approximate surface area is 122 Å². The van der Waals surface area contributed by atoms with Crippen LogP contribution in [0.2, 0.25) is 0 Å². The summed E-state index contributed by atoms with van der Waals surface area (Å²) in [5, 5.41) is 0. The van der Waals surface area contributed by atoms with Crippen LogP contribution in [0.15, 0.2) is 17.0 Å². The van der Waals surface area contributed by atoms with Crippen LogP contribution in [-0.2, 0) is 10.0 Å². The molecular weight excluding hydrogens is 272 g/mol. The van der Waals surface area contributed by atoms with E-state index in [1.165, 1.54) is 0 Å². The number of sulfonamides is 1. The molecule has 2 N–H and O–H groups in total.